The highest BCUT2D eigenvalue weighted by Gasteiger charge is 2.36. The first-order valence-electron chi connectivity index (χ1n) is 10.5. The summed E-state index contributed by atoms with van der Waals surface area (Å²) in [4.78, 5) is 38.3. The number of halogens is 1. The van der Waals surface area contributed by atoms with Crippen LogP contribution < -0.4 is 19.1 Å². The molecule has 0 aliphatic carbocycles. The second kappa shape index (κ2) is 9.62. The van der Waals surface area contributed by atoms with Gasteiger partial charge in [0.25, 0.3) is 11.8 Å². The number of nitrogens with zero attached hydrogens (tertiary/aromatic N) is 1. The number of carbonyl (C=O) groups is 3. The lowest BCUT2D eigenvalue weighted by Gasteiger charge is -2.26. The Balaban J connectivity index is 1.64. The van der Waals surface area contributed by atoms with Gasteiger partial charge in [0.1, 0.15) is 16.3 Å². The smallest absolute Gasteiger partial charge is 0.339 e. The van der Waals surface area contributed by atoms with E-state index >= 15 is 0 Å². The number of rotatable bonds is 6. The SMILES string of the molecule is COc1cc(/C=C2\C(=O)NC(=O)N(c3ccc(F)cc3)C2=O)ccc1OS(=O)(=O)c1ccc(C)cc1. The summed E-state index contributed by atoms with van der Waals surface area (Å²) in [5.41, 5.74) is 0.866. The molecule has 1 N–H and O–H groups in total. The van der Waals surface area contributed by atoms with E-state index in [4.69, 9.17) is 8.92 Å². The standard InChI is InChI=1S/C25H19FN2O7S/c1-15-3-10-19(11-4-15)36(32,33)35-21-12-5-16(14-22(21)34-2)13-20-23(29)27-25(31)28(24(20)30)18-8-6-17(26)7-9-18/h3-14H,1-2H3,(H,27,29,31)/b20-13+. The number of nitrogens with one attached hydrogen (secondary N) is 1. The Morgan fingerprint density at radius 1 is 0.917 bits per heavy atom. The molecule has 0 spiro atoms. The molecule has 3 aromatic rings. The van der Waals surface area contributed by atoms with Gasteiger partial charge in [0, 0.05) is 0 Å². The summed E-state index contributed by atoms with van der Waals surface area (Å²) in [6, 6.07) is 13.8. The van der Waals surface area contributed by atoms with Gasteiger partial charge in [-0.1, -0.05) is 23.8 Å². The number of carbonyl (C=O) groups excluding carboxylic acids is 3. The van der Waals surface area contributed by atoms with Crippen molar-refractivity contribution in [2.24, 2.45) is 0 Å². The van der Waals surface area contributed by atoms with Crippen LogP contribution in [0.5, 0.6) is 11.5 Å². The molecule has 1 aliphatic heterocycles. The number of urea groups is 1. The second-order valence-electron chi connectivity index (χ2n) is 7.70. The first-order chi connectivity index (χ1) is 17.1. The number of hydrogen-bond donors (Lipinski definition) is 1. The van der Waals surface area contributed by atoms with Crippen LogP contribution in [0.3, 0.4) is 0 Å². The van der Waals surface area contributed by atoms with Gasteiger partial charge in [-0.15, -0.1) is 0 Å². The lowest BCUT2D eigenvalue weighted by Crippen LogP contribution is -2.54. The molecule has 1 saturated heterocycles. The third kappa shape index (κ3) is 4.96. The Morgan fingerprint density at radius 2 is 1.58 bits per heavy atom. The average molecular weight is 510 g/mol. The maximum atomic E-state index is 13.3. The molecule has 0 aromatic heterocycles. The first kappa shape index (κ1) is 24.6. The van der Waals surface area contributed by atoms with Crippen molar-refractivity contribution >= 4 is 39.7 Å². The van der Waals surface area contributed by atoms with Crippen LogP contribution in [0.25, 0.3) is 6.08 Å². The highest BCUT2D eigenvalue weighted by Crippen LogP contribution is 2.32. The van der Waals surface area contributed by atoms with Gasteiger partial charge in [-0.3, -0.25) is 14.9 Å². The van der Waals surface area contributed by atoms with Crippen LogP contribution in [-0.4, -0.2) is 33.4 Å². The van der Waals surface area contributed by atoms with Gasteiger partial charge in [0.2, 0.25) is 0 Å². The van der Waals surface area contributed by atoms with Gasteiger partial charge >= 0.3 is 16.1 Å². The van der Waals surface area contributed by atoms with Gasteiger partial charge in [0.15, 0.2) is 11.5 Å². The van der Waals surface area contributed by atoms with Crippen molar-refractivity contribution in [2.45, 2.75) is 11.8 Å². The zero-order chi connectivity index (χ0) is 26.0. The molecule has 0 bridgehead atoms. The third-order valence-corrected chi connectivity index (χ3v) is 6.44. The number of amides is 4. The van der Waals surface area contributed by atoms with Crippen molar-refractivity contribution < 1.29 is 36.1 Å². The quantitative estimate of drug-likeness (QED) is 0.306. The summed E-state index contributed by atoms with van der Waals surface area (Å²) >= 11 is 0. The van der Waals surface area contributed by atoms with Gasteiger partial charge in [-0.05, 0) is 67.1 Å². The summed E-state index contributed by atoms with van der Waals surface area (Å²) in [5.74, 6) is -2.49. The number of imide groups is 2. The number of benzene rings is 3. The predicted octanol–water partition coefficient (Wildman–Crippen LogP) is 3.58. The van der Waals surface area contributed by atoms with Crippen molar-refractivity contribution in [3.8, 4) is 11.5 Å². The summed E-state index contributed by atoms with van der Waals surface area (Å²) in [6.45, 7) is 1.82. The predicted molar refractivity (Wildman–Crippen MR) is 127 cm³/mol. The molecule has 1 aliphatic rings. The van der Waals surface area contributed by atoms with E-state index in [1.807, 2.05) is 6.92 Å². The summed E-state index contributed by atoms with van der Waals surface area (Å²) in [5, 5.41) is 2.07. The van der Waals surface area contributed by atoms with E-state index in [-0.39, 0.29) is 27.7 Å². The van der Waals surface area contributed by atoms with E-state index in [0.717, 1.165) is 17.7 Å². The normalized spacial score (nSPS) is 15.1. The highest BCUT2D eigenvalue weighted by atomic mass is 32.2. The van der Waals surface area contributed by atoms with E-state index in [1.54, 1.807) is 12.1 Å². The number of aryl methyl sites for hydroxylation is 1. The monoisotopic (exact) mass is 510 g/mol. The fourth-order valence-corrected chi connectivity index (χ4v) is 4.30. The maximum absolute atomic E-state index is 13.3. The largest absolute Gasteiger partial charge is 0.493 e. The number of barbiturate groups is 1. The van der Waals surface area contributed by atoms with Gasteiger partial charge < -0.3 is 8.92 Å². The lowest BCUT2D eigenvalue weighted by atomic mass is 10.1. The number of ether oxygens (including phenoxy) is 1. The fourth-order valence-electron chi connectivity index (χ4n) is 3.36. The van der Waals surface area contributed by atoms with Crippen LogP contribution in [0.2, 0.25) is 0 Å². The molecule has 184 valence electrons. The molecule has 4 rings (SSSR count). The Morgan fingerprint density at radius 3 is 2.22 bits per heavy atom. The van der Waals surface area contributed by atoms with E-state index in [9.17, 15) is 27.2 Å². The van der Waals surface area contributed by atoms with E-state index in [0.29, 0.717) is 10.5 Å². The van der Waals surface area contributed by atoms with Crippen molar-refractivity contribution in [3.63, 3.8) is 0 Å². The van der Waals surface area contributed by atoms with Gasteiger partial charge in [-0.25, -0.2) is 14.1 Å². The minimum Gasteiger partial charge on any atom is -0.493 e. The minimum atomic E-state index is -4.15. The molecule has 1 heterocycles. The Hall–Kier alpha value is -4.51. The highest BCUT2D eigenvalue weighted by molar-refractivity contribution is 7.87. The minimum absolute atomic E-state index is 0.0233. The maximum Gasteiger partial charge on any atom is 0.339 e. The van der Waals surface area contributed by atoms with E-state index in [2.05, 4.69) is 5.32 Å². The summed E-state index contributed by atoms with van der Waals surface area (Å²) in [7, 11) is -2.86. The Kier molecular flexibility index (Phi) is 6.58. The lowest BCUT2D eigenvalue weighted by molar-refractivity contribution is -0.122. The molecule has 0 unspecified atom stereocenters. The zero-order valence-electron chi connectivity index (χ0n) is 19.0. The fraction of sp³-hybridized carbons (Fsp3) is 0.0800. The van der Waals surface area contributed by atoms with Gasteiger partial charge in [-0.2, -0.15) is 8.42 Å². The molecular weight excluding hydrogens is 491 g/mol. The number of methoxy groups -OCH3 is 1. The molecule has 0 atom stereocenters. The van der Waals surface area contributed by atoms with Crippen LogP contribution in [0.15, 0.2) is 77.2 Å². The van der Waals surface area contributed by atoms with Crippen LogP contribution in [0, 0.1) is 12.7 Å². The second-order valence-corrected chi connectivity index (χ2v) is 9.24. The summed E-state index contributed by atoms with van der Waals surface area (Å²) in [6.07, 6.45) is 1.21. The van der Waals surface area contributed by atoms with Crippen molar-refractivity contribution in [1.82, 2.24) is 5.32 Å². The zero-order valence-corrected chi connectivity index (χ0v) is 19.8. The average Bonchev–Trinajstić information content (AvgIpc) is 2.83. The molecule has 36 heavy (non-hydrogen) atoms. The molecule has 4 amide bonds. The number of anilines is 1. The molecule has 1 fully saturated rings. The van der Waals surface area contributed by atoms with E-state index < -0.39 is 33.8 Å². The first-order valence-corrected chi connectivity index (χ1v) is 11.9. The van der Waals surface area contributed by atoms with Crippen molar-refractivity contribution in [2.75, 3.05) is 12.0 Å². The molecule has 0 saturated carbocycles. The van der Waals surface area contributed by atoms with Crippen LogP contribution >= 0.6 is 0 Å². The molecule has 3 aromatic carbocycles. The number of hydrogen-bond acceptors (Lipinski definition) is 7. The Labute approximate surface area is 205 Å². The van der Waals surface area contributed by atoms with Crippen molar-refractivity contribution in [3.05, 3.63) is 89.2 Å². The Bertz CT molecular complexity index is 1500. The molecule has 11 heteroatoms. The van der Waals surface area contributed by atoms with Crippen molar-refractivity contribution in [1.29, 1.82) is 0 Å². The van der Waals surface area contributed by atoms with Gasteiger partial charge in [0.05, 0.1) is 12.8 Å². The van der Waals surface area contributed by atoms with Crippen LogP contribution in [0.4, 0.5) is 14.9 Å². The molecule has 9 nitrogen and oxygen atoms in total. The van der Waals surface area contributed by atoms with Crippen LogP contribution in [-0.2, 0) is 19.7 Å². The molecular formula is C25H19FN2O7S. The van der Waals surface area contributed by atoms with Crippen LogP contribution in [0.1, 0.15) is 11.1 Å². The van der Waals surface area contributed by atoms with E-state index in [1.165, 1.54) is 55.7 Å². The molecule has 0 radical (unpaired) electrons. The topological polar surface area (TPSA) is 119 Å². The third-order valence-electron chi connectivity index (χ3n) is 5.19. The summed E-state index contributed by atoms with van der Waals surface area (Å²) < 4.78 is 49.0.